The van der Waals surface area contributed by atoms with E-state index in [1.807, 2.05) is 0 Å². The molecule has 0 spiro atoms. The third kappa shape index (κ3) is 3.32. The fourth-order valence-corrected chi connectivity index (χ4v) is 2.41. The summed E-state index contributed by atoms with van der Waals surface area (Å²) in [6, 6.07) is 12.4. The summed E-state index contributed by atoms with van der Waals surface area (Å²) in [6.07, 6.45) is 1.94. The summed E-state index contributed by atoms with van der Waals surface area (Å²) in [5, 5.41) is 0. The highest BCUT2D eigenvalue weighted by atomic mass is 19.1. The number of hydrogen-bond acceptors (Lipinski definition) is 2. The van der Waals surface area contributed by atoms with Gasteiger partial charge in [-0.2, -0.15) is 0 Å². The van der Waals surface area contributed by atoms with Crippen LogP contribution < -0.4 is 11.2 Å². The smallest absolute Gasteiger partial charge is 0.300 e. The lowest BCUT2D eigenvalue weighted by atomic mass is 10.1. The zero-order valence-corrected chi connectivity index (χ0v) is 12.7. The third-order valence-corrected chi connectivity index (χ3v) is 3.69. The Morgan fingerprint density at radius 1 is 0.792 bits per heavy atom. The number of rotatable bonds is 4. The van der Waals surface area contributed by atoms with Crippen LogP contribution in [-0.4, -0.2) is 9.13 Å². The van der Waals surface area contributed by atoms with E-state index in [4.69, 9.17) is 0 Å². The molecule has 2 aromatic carbocycles. The van der Waals surface area contributed by atoms with Crippen molar-refractivity contribution in [1.82, 2.24) is 9.13 Å². The van der Waals surface area contributed by atoms with Crippen molar-refractivity contribution in [3.05, 3.63) is 98.8 Å². The quantitative estimate of drug-likeness (QED) is 0.739. The van der Waals surface area contributed by atoms with E-state index in [-0.39, 0.29) is 5.82 Å². The van der Waals surface area contributed by atoms with Gasteiger partial charge in [-0.3, -0.25) is 9.36 Å². The van der Waals surface area contributed by atoms with Gasteiger partial charge in [0.1, 0.15) is 11.6 Å². The first-order chi connectivity index (χ1) is 11.5. The summed E-state index contributed by atoms with van der Waals surface area (Å²) < 4.78 is 28.3. The zero-order chi connectivity index (χ0) is 17.1. The Balaban J connectivity index is 1.91. The molecule has 0 radical (unpaired) electrons. The van der Waals surface area contributed by atoms with Crippen LogP contribution in [-0.2, 0) is 13.0 Å². The second kappa shape index (κ2) is 6.62. The fourth-order valence-electron chi connectivity index (χ4n) is 2.41. The van der Waals surface area contributed by atoms with Crippen molar-refractivity contribution in [2.24, 2.45) is 0 Å². The van der Waals surface area contributed by atoms with Gasteiger partial charge in [0.2, 0.25) is 0 Å². The predicted octanol–water partition coefficient (Wildman–Crippen LogP) is 2.52. The lowest BCUT2D eigenvalue weighted by Gasteiger charge is -2.10. The molecule has 4 nitrogen and oxygen atoms in total. The van der Waals surface area contributed by atoms with Gasteiger partial charge in [-0.25, -0.2) is 18.1 Å². The minimum absolute atomic E-state index is 0.308. The SMILES string of the molecule is O=c1ccn(CCc2ccc(F)cc2)c(=O)n1-c1ccc(F)cc1. The second-order valence-corrected chi connectivity index (χ2v) is 5.32. The Bertz CT molecular complexity index is 958. The van der Waals surface area contributed by atoms with Crippen LogP contribution in [0.25, 0.3) is 5.69 Å². The van der Waals surface area contributed by atoms with Gasteiger partial charge < -0.3 is 0 Å². The van der Waals surface area contributed by atoms with E-state index in [0.717, 1.165) is 10.1 Å². The fraction of sp³-hybridized carbons (Fsp3) is 0.111. The Morgan fingerprint density at radius 3 is 2.00 bits per heavy atom. The molecule has 0 saturated heterocycles. The van der Waals surface area contributed by atoms with Crippen LogP contribution in [0.2, 0.25) is 0 Å². The Labute approximate surface area is 136 Å². The predicted molar refractivity (Wildman–Crippen MR) is 86.4 cm³/mol. The molecule has 0 unspecified atom stereocenters. The molecule has 3 aromatic rings. The number of aromatic nitrogens is 2. The van der Waals surface area contributed by atoms with Crippen LogP contribution in [0.5, 0.6) is 0 Å². The first-order valence-electron chi connectivity index (χ1n) is 7.37. The normalized spacial score (nSPS) is 10.8. The van der Waals surface area contributed by atoms with Crippen LogP contribution in [0, 0.1) is 11.6 Å². The molecule has 0 N–H and O–H groups in total. The maximum Gasteiger partial charge on any atom is 0.335 e. The van der Waals surface area contributed by atoms with E-state index in [0.29, 0.717) is 18.7 Å². The summed E-state index contributed by atoms with van der Waals surface area (Å²) in [5.41, 5.74) is 0.200. The van der Waals surface area contributed by atoms with Gasteiger partial charge in [0.15, 0.2) is 0 Å². The topological polar surface area (TPSA) is 44.0 Å². The Hall–Kier alpha value is -3.02. The van der Waals surface area contributed by atoms with Gasteiger partial charge in [0, 0.05) is 18.8 Å². The lowest BCUT2D eigenvalue weighted by molar-refractivity contribution is 0.612. The molecule has 0 bridgehead atoms. The molecule has 0 saturated carbocycles. The molecule has 122 valence electrons. The summed E-state index contributed by atoms with van der Waals surface area (Å²) in [7, 11) is 0. The third-order valence-electron chi connectivity index (χ3n) is 3.69. The first kappa shape index (κ1) is 15.9. The minimum Gasteiger partial charge on any atom is -0.300 e. The van der Waals surface area contributed by atoms with E-state index in [2.05, 4.69) is 0 Å². The summed E-state index contributed by atoms with van der Waals surface area (Å²) in [6.45, 7) is 0.339. The van der Waals surface area contributed by atoms with Gasteiger partial charge in [-0.1, -0.05) is 12.1 Å². The largest absolute Gasteiger partial charge is 0.335 e. The molecule has 3 rings (SSSR count). The van der Waals surface area contributed by atoms with Gasteiger partial charge >= 0.3 is 5.69 Å². The number of benzene rings is 2. The molecule has 0 fully saturated rings. The van der Waals surface area contributed by atoms with Crippen molar-refractivity contribution in [2.45, 2.75) is 13.0 Å². The molecule has 24 heavy (non-hydrogen) atoms. The van der Waals surface area contributed by atoms with Gasteiger partial charge in [0.05, 0.1) is 5.69 Å². The van der Waals surface area contributed by atoms with Crippen LogP contribution >= 0.6 is 0 Å². The van der Waals surface area contributed by atoms with E-state index in [9.17, 15) is 18.4 Å². The minimum atomic E-state index is -0.504. The van der Waals surface area contributed by atoms with Crippen molar-refractivity contribution >= 4 is 0 Å². The number of aryl methyl sites for hydroxylation is 2. The molecule has 1 aromatic heterocycles. The Kier molecular flexibility index (Phi) is 4.37. The maximum atomic E-state index is 13.0. The van der Waals surface area contributed by atoms with Crippen molar-refractivity contribution in [3.8, 4) is 5.69 Å². The van der Waals surface area contributed by atoms with Crippen molar-refractivity contribution in [2.75, 3.05) is 0 Å². The van der Waals surface area contributed by atoms with Crippen LogP contribution in [0.1, 0.15) is 5.56 Å². The van der Waals surface area contributed by atoms with Gasteiger partial charge in [0.25, 0.3) is 5.56 Å². The van der Waals surface area contributed by atoms with Gasteiger partial charge in [-0.15, -0.1) is 0 Å². The van der Waals surface area contributed by atoms with E-state index >= 15 is 0 Å². The van der Waals surface area contributed by atoms with E-state index in [1.54, 1.807) is 12.1 Å². The average molecular weight is 328 g/mol. The standard InChI is InChI=1S/C18H14F2N2O2/c19-14-3-1-13(2-4-14)9-11-21-12-10-17(23)22(18(21)24)16-7-5-15(20)6-8-16/h1-8,10,12H,9,11H2. The summed E-state index contributed by atoms with van der Waals surface area (Å²) in [4.78, 5) is 24.5. The molecular formula is C18H14F2N2O2. The number of halogens is 2. The number of nitrogens with zero attached hydrogens (tertiary/aromatic N) is 2. The molecule has 0 aliphatic carbocycles. The average Bonchev–Trinajstić information content (AvgIpc) is 2.57. The zero-order valence-electron chi connectivity index (χ0n) is 12.7. The van der Waals surface area contributed by atoms with Crippen LogP contribution in [0.15, 0.2) is 70.4 Å². The number of hydrogen-bond donors (Lipinski definition) is 0. The molecular weight excluding hydrogens is 314 g/mol. The Morgan fingerprint density at radius 2 is 1.38 bits per heavy atom. The van der Waals surface area contributed by atoms with Crippen LogP contribution in [0.4, 0.5) is 8.78 Å². The summed E-state index contributed by atoms with van der Waals surface area (Å²) >= 11 is 0. The first-order valence-corrected chi connectivity index (χ1v) is 7.37. The second-order valence-electron chi connectivity index (χ2n) is 5.32. The van der Waals surface area contributed by atoms with Crippen LogP contribution in [0.3, 0.4) is 0 Å². The molecule has 0 atom stereocenters. The maximum absolute atomic E-state index is 13.0. The van der Waals surface area contributed by atoms with Crippen molar-refractivity contribution in [3.63, 3.8) is 0 Å². The molecule has 0 aliphatic heterocycles. The monoisotopic (exact) mass is 328 g/mol. The van der Waals surface area contributed by atoms with Crippen molar-refractivity contribution < 1.29 is 8.78 Å². The highest BCUT2D eigenvalue weighted by molar-refractivity contribution is 5.31. The molecule has 1 heterocycles. The lowest BCUT2D eigenvalue weighted by Crippen LogP contribution is -2.38. The molecule has 0 aliphatic rings. The molecule has 0 amide bonds. The summed E-state index contributed by atoms with van der Waals surface area (Å²) in [5.74, 6) is -0.764. The highest BCUT2D eigenvalue weighted by Gasteiger charge is 2.08. The van der Waals surface area contributed by atoms with Gasteiger partial charge in [-0.05, 0) is 48.4 Å². The van der Waals surface area contributed by atoms with E-state index in [1.165, 1.54) is 53.2 Å². The van der Waals surface area contributed by atoms with Crippen molar-refractivity contribution in [1.29, 1.82) is 0 Å². The van der Waals surface area contributed by atoms with E-state index < -0.39 is 17.1 Å². The highest BCUT2D eigenvalue weighted by Crippen LogP contribution is 2.06. The molecule has 6 heteroatoms.